The maximum Gasteiger partial charge on any atom is 0.0619 e. The minimum absolute atomic E-state index is 0.149. The SMILES string of the molecule is Cc1ccccc1-c1cc(-c2ccccc2)cc(-c2ccccc2C)c1N(c1ccc2c(c1)C(C)(C)c1ccccc1-2)c1cccc2c1-c1ccccc1C2(C)C. The van der Waals surface area contributed by atoms with E-state index in [1.54, 1.807) is 0 Å². The van der Waals surface area contributed by atoms with Gasteiger partial charge in [0.2, 0.25) is 0 Å². The second-order valence-electron chi connectivity index (χ2n) is 17.0. The highest BCUT2D eigenvalue weighted by Crippen LogP contribution is 2.58. The molecule has 0 N–H and O–H groups in total. The van der Waals surface area contributed by atoms with Gasteiger partial charge in [0.05, 0.1) is 11.4 Å². The molecule has 0 saturated heterocycles. The summed E-state index contributed by atoms with van der Waals surface area (Å²) in [4.78, 5) is 2.62. The van der Waals surface area contributed by atoms with Gasteiger partial charge in [0, 0.05) is 33.2 Å². The Morgan fingerprint density at radius 1 is 0.351 bits per heavy atom. The van der Waals surface area contributed by atoms with Gasteiger partial charge >= 0.3 is 0 Å². The van der Waals surface area contributed by atoms with Gasteiger partial charge in [-0.2, -0.15) is 0 Å². The third-order valence-electron chi connectivity index (χ3n) is 13.0. The summed E-state index contributed by atoms with van der Waals surface area (Å²) in [5.74, 6) is 0. The summed E-state index contributed by atoms with van der Waals surface area (Å²) in [6.45, 7) is 14.0. The van der Waals surface area contributed by atoms with Crippen molar-refractivity contribution in [3.63, 3.8) is 0 Å². The molecule has 0 fully saturated rings. The zero-order chi connectivity index (χ0) is 39.1. The minimum Gasteiger partial charge on any atom is -0.309 e. The summed E-state index contributed by atoms with van der Waals surface area (Å²) >= 11 is 0. The molecule has 2 aliphatic carbocycles. The first-order valence-corrected chi connectivity index (χ1v) is 20.3. The van der Waals surface area contributed by atoms with Crippen LogP contribution in [0.2, 0.25) is 0 Å². The molecule has 0 bridgehead atoms. The van der Waals surface area contributed by atoms with Crippen LogP contribution in [0.3, 0.4) is 0 Å². The van der Waals surface area contributed by atoms with E-state index in [2.05, 4.69) is 222 Å². The average molecular weight is 734 g/mol. The van der Waals surface area contributed by atoms with Gasteiger partial charge < -0.3 is 4.90 Å². The van der Waals surface area contributed by atoms with Crippen LogP contribution in [0.4, 0.5) is 17.1 Å². The number of fused-ring (bicyclic) bond motifs is 6. The number of anilines is 3. The van der Waals surface area contributed by atoms with Gasteiger partial charge in [-0.15, -0.1) is 0 Å². The van der Waals surface area contributed by atoms with E-state index in [0.717, 1.165) is 5.69 Å². The van der Waals surface area contributed by atoms with E-state index in [4.69, 9.17) is 0 Å². The van der Waals surface area contributed by atoms with E-state index in [1.165, 1.54) is 100 Å². The molecule has 0 heterocycles. The van der Waals surface area contributed by atoms with Crippen LogP contribution in [0.15, 0.2) is 176 Å². The number of aryl methyl sites for hydroxylation is 2. The van der Waals surface area contributed by atoms with Gasteiger partial charge in [0.1, 0.15) is 0 Å². The van der Waals surface area contributed by atoms with Crippen molar-refractivity contribution in [2.24, 2.45) is 0 Å². The number of nitrogens with zero attached hydrogens (tertiary/aromatic N) is 1. The van der Waals surface area contributed by atoms with Crippen molar-refractivity contribution in [3.8, 4) is 55.6 Å². The summed E-state index contributed by atoms with van der Waals surface area (Å²) in [5, 5.41) is 0. The molecule has 0 saturated carbocycles. The quantitative estimate of drug-likeness (QED) is 0.164. The molecule has 0 unspecified atom stereocenters. The predicted octanol–water partition coefficient (Wildman–Crippen LogP) is 15.4. The largest absolute Gasteiger partial charge is 0.309 e. The molecular weight excluding hydrogens is 687 g/mol. The van der Waals surface area contributed by atoms with Crippen molar-refractivity contribution in [1.82, 2.24) is 0 Å². The molecule has 10 rings (SSSR count). The molecule has 0 atom stereocenters. The van der Waals surface area contributed by atoms with Gasteiger partial charge in [-0.1, -0.05) is 173 Å². The highest BCUT2D eigenvalue weighted by atomic mass is 15.2. The van der Waals surface area contributed by atoms with Crippen LogP contribution in [-0.2, 0) is 10.8 Å². The van der Waals surface area contributed by atoms with Gasteiger partial charge in [0.15, 0.2) is 0 Å². The Kier molecular flexibility index (Phi) is 8.03. The van der Waals surface area contributed by atoms with E-state index in [1.807, 2.05) is 0 Å². The van der Waals surface area contributed by atoms with Gasteiger partial charge in [-0.3, -0.25) is 0 Å². The van der Waals surface area contributed by atoms with Crippen molar-refractivity contribution < 1.29 is 0 Å². The molecular formula is C56H47N. The number of rotatable bonds is 6. The fourth-order valence-electron chi connectivity index (χ4n) is 9.98. The average Bonchev–Trinajstić information content (AvgIpc) is 3.61. The van der Waals surface area contributed by atoms with Gasteiger partial charge in [0.25, 0.3) is 0 Å². The lowest BCUT2D eigenvalue weighted by molar-refractivity contribution is 0.660. The fourth-order valence-corrected chi connectivity index (χ4v) is 9.98. The highest BCUT2D eigenvalue weighted by Gasteiger charge is 2.40. The van der Waals surface area contributed by atoms with Crippen molar-refractivity contribution >= 4 is 17.1 Å². The Morgan fingerprint density at radius 2 is 0.842 bits per heavy atom. The molecule has 8 aromatic rings. The summed E-state index contributed by atoms with van der Waals surface area (Å²) in [6, 6.07) is 65.8. The molecule has 276 valence electrons. The molecule has 0 spiro atoms. The summed E-state index contributed by atoms with van der Waals surface area (Å²) in [7, 11) is 0. The van der Waals surface area contributed by atoms with Crippen molar-refractivity contribution in [3.05, 3.63) is 209 Å². The highest BCUT2D eigenvalue weighted by molar-refractivity contribution is 6.05. The fraction of sp³-hybridized carbons (Fsp3) is 0.143. The standard InChI is InChI=1S/C56H47N/c1-36-19-10-12-23-41(36)46-33-39(38-21-8-7-9-22-38)34-47(42-24-13-11-20-37(42)2)54(46)57(40-31-32-44-43-25-14-16-27-48(43)56(5,6)51(44)35-40)52-30-18-29-50-53(52)45-26-15-17-28-49(45)55(50,3)4/h7-35H,1-6H3. The Labute approximate surface area is 337 Å². The molecule has 57 heavy (non-hydrogen) atoms. The van der Waals surface area contributed by atoms with Crippen LogP contribution < -0.4 is 4.90 Å². The van der Waals surface area contributed by atoms with Crippen LogP contribution in [-0.4, -0.2) is 0 Å². The molecule has 0 radical (unpaired) electrons. The maximum atomic E-state index is 2.62. The van der Waals surface area contributed by atoms with E-state index >= 15 is 0 Å². The van der Waals surface area contributed by atoms with E-state index in [0.29, 0.717) is 0 Å². The lowest BCUT2D eigenvalue weighted by Gasteiger charge is -2.34. The van der Waals surface area contributed by atoms with E-state index < -0.39 is 0 Å². The smallest absolute Gasteiger partial charge is 0.0619 e. The number of hydrogen-bond donors (Lipinski definition) is 0. The van der Waals surface area contributed by atoms with E-state index in [-0.39, 0.29) is 10.8 Å². The molecule has 8 aromatic carbocycles. The first-order chi connectivity index (χ1) is 27.6. The van der Waals surface area contributed by atoms with E-state index in [9.17, 15) is 0 Å². The Bertz CT molecular complexity index is 2810. The zero-order valence-corrected chi connectivity index (χ0v) is 33.7. The zero-order valence-electron chi connectivity index (χ0n) is 33.7. The lowest BCUT2D eigenvalue weighted by Crippen LogP contribution is -2.18. The van der Waals surface area contributed by atoms with Crippen LogP contribution in [0.5, 0.6) is 0 Å². The van der Waals surface area contributed by atoms with Crippen LogP contribution in [0, 0.1) is 13.8 Å². The Balaban J connectivity index is 1.37. The summed E-state index contributed by atoms with van der Waals surface area (Å²) < 4.78 is 0. The molecule has 0 amide bonds. The second kappa shape index (κ2) is 13.1. The van der Waals surface area contributed by atoms with Crippen LogP contribution in [0.1, 0.15) is 61.1 Å². The van der Waals surface area contributed by atoms with Crippen molar-refractivity contribution in [2.75, 3.05) is 4.90 Å². The Morgan fingerprint density at radius 3 is 1.47 bits per heavy atom. The van der Waals surface area contributed by atoms with Crippen LogP contribution >= 0.6 is 0 Å². The molecule has 1 nitrogen and oxygen atoms in total. The Hall–Kier alpha value is -6.44. The maximum absolute atomic E-state index is 2.62. The molecule has 2 aliphatic rings. The first kappa shape index (κ1) is 35.0. The minimum atomic E-state index is -0.157. The summed E-state index contributed by atoms with van der Waals surface area (Å²) in [5.41, 5.74) is 23.7. The lowest BCUT2D eigenvalue weighted by atomic mass is 9.82. The topological polar surface area (TPSA) is 3.24 Å². The number of benzene rings is 8. The van der Waals surface area contributed by atoms with Crippen molar-refractivity contribution in [1.29, 1.82) is 0 Å². The van der Waals surface area contributed by atoms with Crippen LogP contribution in [0.25, 0.3) is 55.6 Å². The third-order valence-corrected chi connectivity index (χ3v) is 13.0. The van der Waals surface area contributed by atoms with Gasteiger partial charge in [-0.25, -0.2) is 0 Å². The first-order valence-electron chi connectivity index (χ1n) is 20.3. The molecule has 0 aliphatic heterocycles. The normalized spacial score (nSPS) is 14.1. The molecule has 0 aromatic heterocycles. The monoisotopic (exact) mass is 733 g/mol. The number of hydrogen-bond acceptors (Lipinski definition) is 1. The molecule has 1 heteroatoms. The third kappa shape index (κ3) is 5.36. The van der Waals surface area contributed by atoms with Gasteiger partial charge in [-0.05, 0) is 117 Å². The second-order valence-corrected chi connectivity index (χ2v) is 17.0. The van der Waals surface area contributed by atoms with Crippen molar-refractivity contribution in [2.45, 2.75) is 52.4 Å². The summed E-state index contributed by atoms with van der Waals surface area (Å²) in [6.07, 6.45) is 0. The predicted molar refractivity (Wildman–Crippen MR) is 242 cm³/mol.